The lowest BCUT2D eigenvalue weighted by molar-refractivity contribution is -0.0674. The molecule has 0 aliphatic carbocycles. The molecule has 0 radical (unpaired) electrons. The predicted molar refractivity (Wildman–Crippen MR) is 63.9 cm³/mol. The van der Waals surface area contributed by atoms with Crippen molar-refractivity contribution in [1.82, 2.24) is 5.32 Å². The Morgan fingerprint density at radius 1 is 1.19 bits per heavy atom. The molecule has 1 heterocycles. The van der Waals surface area contributed by atoms with Crippen molar-refractivity contribution in [2.45, 2.75) is 39.0 Å². The Balaban J connectivity index is 1.93. The molecule has 0 aromatic heterocycles. The summed E-state index contributed by atoms with van der Waals surface area (Å²) in [5.41, 5.74) is 0. The summed E-state index contributed by atoms with van der Waals surface area (Å²) >= 11 is 0. The molecule has 88 valence electrons. The van der Waals surface area contributed by atoms with Crippen molar-refractivity contribution in [2.75, 3.05) is 6.54 Å². The second kappa shape index (κ2) is 4.34. The van der Waals surface area contributed by atoms with Crippen LogP contribution in [0.25, 0.3) is 0 Å². The van der Waals surface area contributed by atoms with Crippen LogP contribution in [0.3, 0.4) is 0 Å². The van der Waals surface area contributed by atoms with Gasteiger partial charge in [0.15, 0.2) is 11.5 Å². The molecule has 0 bridgehead atoms. The van der Waals surface area contributed by atoms with E-state index in [1.165, 1.54) is 0 Å². The first kappa shape index (κ1) is 11.3. The number of hydrogen-bond acceptors (Lipinski definition) is 3. The van der Waals surface area contributed by atoms with Gasteiger partial charge in [-0.15, -0.1) is 0 Å². The lowest BCUT2D eigenvalue weighted by Crippen LogP contribution is -2.39. The van der Waals surface area contributed by atoms with E-state index in [0.717, 1.165) is 24.5 Å². The van der Waals surface area contributed by atoms with Crippen molar-refractivity contribution in [3.63, 3.8) is 0 Å². The monoisotopic (exact) mass is 221 g/mol. The normalized spacial score (nSPS) is 16.8. The Labute approximate surface area is 96.8 Å². The second-order valence-corrected chi connectivity index (χ2v) is 4.64. The van der Waals surface area contributed by atoms with Gasteiger partial charge in [-0.2, -0.15) is 0 Å². The zero-order valence-electron chi connectivity index (χ0n) is 10.1. The van der Waals surface area contributed by atoms with Crippen molar-refractivity contribution in [2.24, 2.45) is 0 Å². The molecule has 0 saturated heterocycles. The number of benzene rings is 1. The Kier molecular flexibility index (Phi) is 3.06. The molecule has 3 nitrogen and oxygen atoms in total. The lowest BCUT2D eigenvalue weighted by Gasteiger charge is -2.23. The molecule has 1 aromatic carbocycles. The Morgan fingerprint density at radius 3 is 2.25 bits per heavy atom. The average Bonchev–Trinajstić information content (AvgIpc) is 2.53. The number of hydrogen-bond donors (Lipinski definition) is 1. The molecule has 0 atom stereocenters. The number of ether oxygens (including phenoxy) is 2. The van der Waals surface area contributed by atoms with Gasteiger partial charge in [0.1, 0.15) is 0 Å². The molecule has 0 unspecified atom stereocenters. The zero-order valence-corrected chi connectivity index (χ0v) is 10.1. The van der Waals surface area contributed by atoms with E-state index in [0.29, 0.717) is 6.04 Å². The van der Waals surface area contributed by atoms with Crippen molar-refractivity contribution in [1.29, 1.82) is 0 Å². The average molecular weight is 221 g/mol. The van der Waals surface area contributed by atoms with Crippen LogP contribution in [-0.4, -0.2) is 18.4 Å². The molecule has 1 aromatic rings. The van der Waals surface area contributed by atoms with E-state index in [2.05, 4.69) is 19.2 Å². The molecule has 1 aliphatic rings. The van der Waals surface area contributed by atoms with Gasteiger partial charge in [0.25, 0.3) is 0 Å². The molecule has 3 heteroatoms. The summed E-state index contributed by atoms with van der Waals surface area (Å²) in [5, 5.41) is 3.36. The maximum absolute atomic E-state index is 5.81. The highest BCUT2D eigenvalue weighted by Crippen LogP contribution is 2.39. The van der Waals surface area contributed by atoms with Crippen molar-refractivity contribution < 1.29 is 9.47 Å². The van der Waals surface area contributed by atoms with E-state index in [1.54, 1.807) is 0 Å². The van der Waals surface area contributed by atoms with E-state index in [9.17, 15) is 0 Å². The van der Waals surface area contributed by atoms with Gasteiger partial charge in [0, 0.05) is 25.9 Å². The fourth-order valence-corrected chi connectivity index (χ4v) is 1.79. The highest BCUT2D eigenvalue weighted by Gasteiger charge is 2.35. The standard InChI is InChI=1S/C13H19NO2/c1-10(2)14-9-8-13(3)15-11-6-4-5-7-12(11)16-13/h4-7,10,14H,8-9H2,1-3H3. The van der Waals surface area contributed by atoms with E-state index in [1.807, 2.05) is 31.2 Å². The van der Waals surface area contributed by atoms with Gasteiger partial charge in [0.2, 0.25) is 5.79 Å². The molecular formula is C13H19NO2. The van der Waals surface area contributed by atoms with Gasteiger partial charge in [0.05, 0.1) is 0 Å². The third kappa shape index (κ3) is 2.47. The van der Waals surface area contributed by atoms with Crippen molar-refractivity contribution >= 4 is 0 Å². The summed E-state index contributed by atoms with van der Waals surface area (Å²) in [7, 11) is 0. The van der Waals surface area contributed by atoms with Gasteiger partial charge in [-0.25, -0.2) is 0 Å². The summed E-state index contributed by atoms with van der Waals surface area (Å²) in [6.45, 7) is 7.14. The SMILES string of the molecule is CC(C)NCCC1(C)Oc2ccccc2O1. The van der Waals surface area contributed by atoms with Gasteiger partial charge < -0.3 is 14.8 Å². The quantitative estimate of drug-likeness (QED) is 0.847. The predicted octanol–water partition coefficient (Wildman–Crippen LogP) is 2.56. The Bertz CT molecular complexity index is 338. The number of nitrogens with one attached hydrogen (secondary N) is 1. The van der Waals surface area contributed by atoms with Gasteiger partial charge in [-0.05, 0) is 12.1 Å². The van der Waals surface area contributed by atoms with Crippen LogP contribution in [-0.2, 0) is 0 Å². The van der Waals surface area contributed by atoms with Crippen LogP contribution in [0.15, 0.2) is 24.3 Å². The number of rotatable bonds is 4. The topological polar surface area (TPSA) is 30.5 Å². The van der Waals surface area contributed by atoms with E-state index >= 15 is 0 Å². The highest BCUT2D eigenvalue weighted by atomic mass is 16.7. The van der Waals surface area contributed by atoms with Crippen LogP contribution in [0.1, 0.15) is 27.2 Å². The molecule has 0 amide bonds. The summed E-state index contributed by atoms with van der Waals surface area (Å²) < 4.78 is 11.6. The molecule has 0 fully saturated rings. The maximum Gasteiger partial charge on any atom is 0.250 e. The van der Waals surface area contributed by atoms with Gasteiger partial charge in [-0.1, -0.05) is 26.0 Å². The smallest absolute Gasteiger partial charge is 0.250 e. The van der Waals surface area contributed by atoms with Gasteiger partial charge >= 0.3 is 0 Å². The summed E-state index contributed by atoms with van der Waals surface area (Å²) in [5.74, 6) is 1.16. The molecule has 0 saturated carbocycles. The van der Waals surface area contributed by atoms with Crippen LogP contribution < -0.4 is 14.8 Å². The molecular weight excluding hydrogens is 202 g/mol. The Morgan fingerprint density at radius 2 is 1.75 bits per heavy atom. The minimum atomic E-state index is -0.522. The van der Waals surface area contributed by atoms with Crippen LogP contribution in [0.4, 0.5) is 0 Å². The molecule has 1 aliphatic heterocycles. The van der Waals surface area contributed by atoms with E-state index in [-0.39, 0.29) is 0 Å². The minimum absolute atomic E-state index is 0.493. The van der Waals surface area contributed by atoms with Crippen LogP contribution in [0.2, 0.25) is 0 Å². The maximum atomic E-state index is 5.81. The van der Waals surface area contributed by atoms with Gasteiger partial charge in [-0.3, -0.25) is 0 Å². The lowest BCUT2D eigenvalue weighted by atomic mass is 10.2. The second-order valence-electron chi connectivity index (χ2n) is 4.64. The largest absolute Gasteiger partial charge is 0.449 e. The third-order valence-electron chi connectivity index (χ3n) is 2.63. The zero-order chi connectivity index (χ0) is 11.6. The number of para-hydroxylation sites is 2. The first-order chi connectivity index (χ1) is 7.59. The fraction of sp³-hybridized carbons (Fsp3) is 0.538. The summed E-state index contributed by atoms with van der Waals surface area (Å²) in [6, 6.07) is 8.29. The summed E-state index contributed by atoms with van der Waals surface area (Å²) in [6.07, 6.45) is 0.833. The fourth-order valence-electron chi connectivity index (χ4n) is 1.79. The van der Waals surface area contributed by atoms with Crippen LogP contribution in [0.5, 0.6) is 11.5 Å². The molecule has 0 spiro atoms. The van der Waals surface area contributed by atoms with Crippen molar-refractivity contribution in [3.05, 3.63) is 24.3 Å². The third-order valence-corrected chi connectivity index (χ3v) is 2.63. The minimum Gasteiger partial charge on any atom is -0.449 e. The van der Waals surface area contributed by atoms with E-state index < -0.39 is 5.79 Å². The number of fused-ring (bicyclic) bond motifs is 1. The van der Waals surface area contributed by atoms with E-state index in [4.69, 9.17) is 9.47 Å². The van der Waals surface area contributed by atoms with Crippen LogP contribution in [0, 0.1) is 0 Å². The van der Waals surface area contributed by atoms with Crippen LogP contribution >= 0.6 is 0 Å². The molecule has 1 N–H and O–H groups in total. The summed E-state index contributed by atoms with van der Waals surface area (Å²) in [4.78, 5) is 0. The highest BCUT2D eigenvalue weighted by molar-refractivity contribution is 5.42. The Hall–Kier alpha value is -1.22. The first-order valence-electron chi connectivity index (χ1n) is 5.79. The first-order valence-corrected chi connectivity index (χ1v) is 5.79. The molecule has 2 rings (SSSR count). The van der Waals surface area contributed by atoms with Crippen molar-refractivity contribution in [3.8, 4) is 11.5 Å². The molecule has 16 heavy (non-hydrogen) atoms.